The van der Waals surface area contributed by atoms with Gasteiger partial charge in [-0.3, -0.25) is 0 Å². The Morgan fingerprint density at radius 3 is 2.23 bits per heavy atom. The Morgan fingerprint density at radius 2 is 1.92 bits per heavy atom. The Hall–Kier alpha value is -1.52. The molecule has 0 atom stereocenters. The minimum absolute atomic E-state index is 0.330. The molecule has 13 heavy (non-hydrogen) atoms. The first-order chi connectivity index (χ1) is 6.04. The average molecular weight is 190 g/mol. The average Bonchev–Trinajstić information content (AvgIpc) is 2.03. The maximum Gasteiger partial charge on any atom is 0.503 e. The van der Waals surface area contributed by atoms with Crippen LogP contribution in [0.3, 0.4) is 0 Å². The van der Waals surface area contributed by atoms with Gasteiger partial charge in [-0.05, 0) is 6.42 Å². The standard InChI is InChI=1S/C7H12O2.CH2O3/c1-3-5-6-9-7(8)4-2;2-1(3)4/h4H,2-3,5-6H2,1H3;(H2,2,3,4). The Labute approximate surface area is 76.6 Å². The van der Waals surface area contributed by atoms with Crippen molar-refractivity contribution in [3.63, 3.8) is 0 Å². The van der Waals surface area contributed by atoms with Crippen LogP contribution >= 0.6 is 0 Å². The summed E-state index contributed by atoms with van der Waals surface area (Å²) in [5.41, 5.74) is 0. The molecular weight excluding hydrogens is 176 g/mol. The Morgan fingerprint density at radius 1 is 1.46 bits per heavy atom. The van der Waals surface area contributed by atoms with Gasteiger partial charge < -0.3 is 14.9 Å². The van der Waals surface area contributed by atoms with Crippen molar-refractivity contribution in [3.05, 3.63) is 12.7 Å². The summed E-state index contributed by atoms with van der Waals surface area (Å²) < 4.78 is 4.67. The van der Waals surface area contributed by atoms with E-state index in [2.05, 4.69) is 11.3 Å². The molecule has 0 unspecified atom stereocenters. The largest absolute Gasteiger partial charge is 0.503 e. The predicted octanol–water partition coefficient (Wildman–Crippen LogP) is 1.74. The van der Waals surface area contributed by atoms with Crippen LogP contribution in [-0.2, 0) is 9.53 Å². The lowest BCUT2D eigenvalue weighted by Gasteiger charge is -1.97. The normalized spacial score (nSPS) is 7.77. The van der Waals surface area contributed by atoms with Gasteiger partial charge in [0.05, 0.1) is 6.61 Å². The summed E-state index contributed by atoms with van der Waals surface area (Å²) in [6.45, 7) is 5.82. The van der Waals surface area contributed by atoms with Gasteiger partial charge in [0, 0.05) is 6.08 Å². The maximum atomic E-state index is 10.3. The molecule has 0 heterocycles. The van der Waals surface area contributed by atoms with Crippen molar-refractivity contribution in [1.29, 1.82) is 0 Å². The third-order valence-electron chi connectivity index (χ3n) is 0.909. The maximum absolute atomic E-state index is 10.3. The molecule has 0 rings (SSSR count). The molecule has 0 aromatic heterocycles. The summed E-state index contributed by atoms with van der Waals surface area (Å²) in [6, 6.07) is 0. The van der Waals surface area contributed by atoms with Crippen molar-refractivity contribution in [3.8, 4) is 0 Å². The van der Waals surface area contributed by atoms with Crippen LogP contribution in [0.2, 0.25) is 0 Å². The van der Waals surface area contributed by atoms with Crippen molar-refractivity contribution in [2.24, 2.45) is 0 Å². The number of unbranched alkanes of at least 4 members (excludes halogenated alkanes) is 1. The molecule has 76 valence electrons. The van der Waals surface area contributed by atoms with Crippen LogP contribution in [0.1, 0.15) is 19.8 Å². The number of esters is 1. The van der Waals surface area contributed by atoms with Gasteiger partial charge in [-0.15, -0.1) is 0 Å². The van der Waals surface area contributed by atoms with E-state index in [9.17, 15) is 4.79 Å². The molecule has 0 saturated carbocycles. The molecule has 0 spiro atoms. The molecule has 0 bridgehead atoms. The summed E-state index contributed by atoms with van der Waals surface area (Å²) in [5, 5.41) is 13.9. The van der Waals surface area contributed by atoms with E-state index in [4.69, 9.17) is 15.0 Å². The number of rotatable bonds is 4. The number of carbonyl (C=O) groups is 2. The lowest BCUT2D eigenvalue weighted by Crippen LogP contribution is -2.00. The van der Waals surface area contributed by atoms with E-state index in [1.54, 1.807) is 0 Å². The van der Waals surface area contributed by atoms with Gasteiger partial charge in [-0.25, -0.2) is 9.59 Å². The van der Waals surface area contributed by atoms with Crippen LogP contribution in [0.15, 0.2) is 12.7 Å². The van der Waals surface area contributed by atoms with E-state index < -0.39 is 6.16 Å². The van der Waals surface area contributed by atoms with Gasteiger partial charge in [0.15, 0.2) is 0 Å². The SMILES string of the molecule is C=CC(=O)OCCCC.O=C(O)O. The van der Waals surface area contributed by atoms with E-state index in [1.807, 2.05) is 6.92 Å². The molecule has 0 fully saturated rings. The number of carbonyl (C=O) groups excluding carboxylic acids is 1. The van der Waals surface area contributed by atoms with Crippen LogP contribution in [0, 0.1) is 0 Å². The summed E-state index contributed by atoms with van der Waals surface area (Å²) >= 11 is 0. The molecule has 0 aliphatic carbocycles. The molecule has 5 nitrogen and oxygen atoms in total. The van der Waals surface area contributed by atoms with Crippen LogP contribution < -0.4 is 0 Å². The van der Waals surface area contributed by atoms with E-state index in [1.165, 1.54) is 6.08 Å². The quantitative estimate of drug-likeness (QED) is 0.400. The van der Waals surface area contributed by atoms with Crippen LogP contribution in [0.5, 0.6) is 0 Å². The molecule has 0 saturated heterocycles. The molecule has 0 aliphatic rings. The van der Waals surface area contributed by atoms with Crippen molar-refractivity contribution >= 4 is 12.1 Å². The highest BCUT2D eigenvalue weighted by atomic mass is 16.6. The highest BCUT2D eigenvalue weighted by Crippen LogP contribution is 1.88. The first kappa shape index (κ1) is 14.0. The molecule has 0 aromatic carbocycles. The minimum atomic E-state index is -1.83. The van der Waals surface area contributed by atoms with Gasteiger partial charge >= 0.3 is 12.1 Å². The van der Waals surface area contributed by atoms with Gasteiger partial charge in [0.25, 0.3) is 0 Å². The second-order valence-corrected chi connectivity index (χ2v) is 2.01. The van der Waals surface area contributed by atoms with Crippen molar-refractivity contribution in [2.75, 3.05) is 6.61 Å². The molecule has 2 N–H and O–H groups in total. The third-order valence-corrected chi connectivity index (χ3v) is 0.909. The van der Waals surface area contributed by atoms with Crippen LogP contribution in [0.4, 0.5) is 4.79 Å². The van der Waals surface area contributed by atoms with Crippen molar-refractivity contribution < 1.29 is 24.5 Å². The minimum Gasteiger partial charge on any atom is -0.463 e. The molecule has 0 radical (unpaired) electrons. The first-order valence-electron chi connectivity index (χ1n) is 3.75. The van der Waals surface area contributed by atoms with E-state index in [0.717, 1.165) is 12.8 Å². The predicted molar refractivity (Wildman–Crippen MR) is 46.7 cm³/mol. The number of hydrogen-bond donors (Lipinski definition) is 2. The molecule has 0 aromatic rings. The lowest BCUT2D eigenvalue weighted by atomic mass is 10.4. The topological polar surface area (TPSA) is 83.8 Å². The molecule has 0 aliphatic heterocycles. The lowest BCUT2D eigenvalue weighted by molar-refractivity contribution is -0.137. The van der Waals surface area contributed by atoms with Gasteiger partial charge in [-0.1, -0.05) is 19.9 Å². The summed E-state index contributed by atoms with van der Waals surface area (Å²) in [4.78, 5) is 18.9. The van der Waals surface area contributed by atoms with Crippen molar-refractivity contribution in [2.45, 2.75) is 19.8 Å². The summed E-state index contributed by atoms with van der Waals surface area (Å²) in [6.07, 6.45) is 1.32. The Kier molecular flexibility index (Phi) is 11.3. The van der Waals surface area contributed by atoms with Crippen LogP contribution in [0.25, 0.3) is 0 Å². The highest BCUT2D eigenvalue weighted by molar-refractivity contribution is 5.81. The summed E-state index contributed by atoms with van der Waals surface area (Å²) in [7, 11) is 0. The third kappa shape index (κ3) is 25.1. The second-order valence-electron chi connectivity index (χ2n) is 2.01. The zero-order valence-corrected chi connectivity index (χ0v) is 7.52. The monoisotopic (exact) mass is 190 g/mol. The van der Waals surface area contributed by atoms with E-state index in [-0.39, 0.29) is 5.97 Å². The number of carboxylic acid groups (broad SMARTS) is 2. The van der Waals surface area contributed by atoms with Gasteiger partial charge in [-0.2, -0.15) is 0 Å². The van der Waals surface area contributed by atoms with Crippen molar-refractivity contribution in [1.82, 2.24) is 0 Å². The Bertz CT molecular complexity index is 160. The van der Waals surface area contributed by atoms with E-state index in [0.29, 0.717) is 6.61 Å². The fourth-order valence-electron chi connectivity index (χ4n) is 0.376. The fourth-order valence-corrected chi connectivity index (χ4v) is 0.376. The van der Waals surface area contributed by atoms with Gasteiger partial charge in [0.2, 0.25) is 0 Å². The zero-order valence-electron chi connectivity index (χ0n) is 7.52. The van der Waals surface area contributed by atoms with Crippen LogP contribution in [-0.4, -0.2) is 28.9 Å². The smallest absolute Gasteiger partial charge is 0.463 e. The van der Waals surface area contributed by atoms with Gasteiger partial charge in [0.1, 0.15) is 0 Å². The highest BCUT2D eigenvalue weighted by Gasteiger charge is 1.91. The summed E-state index contributed by atoms with van der Waals surface area (Å²) in [5.74, 6) is -0.330. The molecule has 0 amide bonds. The number of ether oxygens (including phenoxy) is 1. The van der Waals surface area contributed by atoms with E-state index >= 15 is 0 Å². The first-order valence-corrected chi connectivity index (χ1v) is 3.75. The molecular formula is C8H14O5. The second kappa shape index (κ2) is 10.5. The fraction of sp³-hybridized carbons (Fsp3) is 0.500. The Balaban J connectivity index is 0. The number of hydrogen-bond acceptors (Lipinski definition) is 3. The zero-order chi connectivity index (χ0) is 10.7. The molecule has 5 heteroatoms.